The molecule has 27 heavy (non-hydrogen) atoms. The molecule has 0 heterocycles. The Hall–Kier alpha value is -2.91. The molecule has 0 fully saturated rings. The Kier molecular flexibility index (Phi) is 6.54. The Balaban J connectivity index is 2.28. The maximum absolute atomic E-state index is 12.6. The number of nitrogens with one attached hydrogen (secondary N) is 1. The topological polar surface area (TPSA) is 130 Å². The molecule has 8 nitrogen and oxygen atoms in total. The molecule has 0 aliphatic carbocycles. The minimum absolute atomic E-state index is 0.0532. The monoisotopic (exact) mass is 393 g/mol. The van der Waals surface area contributed by atoms with E-state index in [1.54, 1.807) is 24.3 Å². The first kappa shape index (κ1) is 20.4. The van der Waals surface area contributed by atoms with Gasteiger partial charge in [0, 0.05) is 0 Å². The van der Waals surface area contributed by atoms with E-state index >= 15 is 0 Å². The fourth-order valence-corrected chi connectivity index (χ4v) is 3.62. The number of hydrogen-bond donors (Lipinski definition) is 3. The number of benzene rings is 2. The molecule has 0 saturated heterocycles. The Bertz CT molecular complexity index is 906. The molecule has 0 aromatic heterocycles. The van der Waals surface area contributed by atoms with Gasteiger partial charge in [-0.25, -0.2) is 17.9 Å². The molecule has 0 aliphatic heterocycles. The van der Waals surface area contributed by atoms with Crippen LogP contribution in [0.25, 0.3) is 0 Å². The molecule has 0 saturated carbocycles. The number of rotatable bonds is 9. The lowest BCUT2D eigenvalue weighted by atomic mass is 10.0. The second kappa shape index (κ2) is 8.65. The van der Waals surface area contributed by atoms with Crippen molar-refractivity contribution in [3.63, 3.8) is 0 Å². The molecule has 0 amide bonds. The fourth-order valence-electron chi connectivity index (χ4n) is 2.40. The van der Waals surface area contributed by atoms with Gasteiger partial charge >= 0.3 is 11.9 Å². The summed E-state index contributed by atoms with van der Waals surface area (Å²) in [5.74, 6) is -1.76. The molecule has 1 unspecified atom stereocenters. The summed E-state index contributed by atoms with van der Waals surface area (Å²) in [6.45, 7) is 2.29. The van der Waals surface area contributed by atoms with Gasteiger partial charge < -0.3 is 14.9 Å². The third kappa shape index (κ3) is 5.53. The lowest BCUT2D eigenvalue weighted by Gasteiger charge is -2.18. The van der Waals surface area contributed by atoms with Gasteiger partial charge in [0.25, 0.3) is 0 Å². The molecule has 0 aliphatic rings. The number of sulfonamides is 1. The van der Waals surface area contributed by atoms with Crippen molar-refractivity contribution >= 4 is 22.0 Å². The molecule has 9 heteroatoms. The van der Waals surface area contributed by atoms with Crippen molar-refractivity contribution in [3.05, 3.63) is 59.7 Å². The van der Waals surface area contributed by atoms with Gasteiger partial charge in [-0.2, -0.15) is 0 Å². The van der Waals surface area contributed by atoms with E-state index in [0.717, 1.165) is 12.1 Å². The van der Waals surface area contributed by atoms with Crippen LogP contribution in [0.2, 0.25) is 0 Å². The number of carboxylic acid groups (broad SMARTS) is 2. The van der Waals surface area contributed by atoms with Crippen LogP contribution in [0, 0.1) is 0 Å². The normalized spacial score (nSPS) is 12.3. The summed E-state index contributed by atoms with van der Waals surface area (Å²) in [4.78, 5) is 21.9. The predicted molar refractivity (Wildman–Crippen MR) is 96.3 cm³/mol. The van der Waals surface area contributed by atoms with Crippen molar-refractivity contribution in [2.45, 2.75) is 24.3 Å². The van der Waals surface area contributed by atoms with Gasteiger partial charge in [0.2, 0.25) is 10.0 Å². The first-order chi connectivity index (χ1) is 12.7. The van der Waals surface area contributed by atoms with Gasteiger partial charge in [-0.3, -0.25) is 4.79 Å². The zero-order valence-electron chi connectivity index (χ0n) is 14.5. The van der Waals surface area contributed by atoms with Crippen molar-refractivity contribution in [1.82, 2.24) is 4.72 Å². The number of carbonyl (C=O) groups is 2. The van der Waals surface area contributed by atoms with Crippen LogP contribution < -0.4 is 9.46 Å². The second-order valence-electron chi connectivity index (χ2n) is 5.60. The molecule has 0 bridgehead atoms. The van der Waals surface area contributed by atoms with Crippen molar-refractivity contribution in [3.8, 4) is 5.75 Å². The van der Waals surface area contributed by atoms with Crippen LogP contribution in [-0.2, 0) is 14.8 Å². The van der Waals surface area contributed by atoms with Crippen LogP contribution in [0.4, 0.5) is 0 Å². The lowest BCUT2D eigenvalue weighted by Crippen LogP contribution is -2.30. The number of hydrogen-bond acceptors (Lipinski definition) is 5. The third-order valence-electron chi connectivity index (χ3n) is 3.68. The first-order valence-corrected chi connectivity index (χ1v) is 9.51. The van der Waals surface area contributed by atoms with Crippen LogP contribution in [0.1, 0.15) is 35.3 Å². The average molecular weight is 393 g/mol. The maximum Gasteiger partial charge on any atom is 0.335 e. The number of aromatic carboxylic acids is 1. The molecule has 1 atom stereocenters. The minimum Gasteiger partial charge on any atom is -0.494 e. The van der Waals surface area contributed by atoms with Gasteiger partial charge in [0.05, 0.1) is 29.5 Å². The standard InChI is InChI=1S/C18H19NO7S/c1-2-26-14-7-3-12(4-8-14)16(11-17(20)21)19-27(24,25)15-9-5-13(6-10-15)18(22)23/h3-10,16,19H,2,11H2,1H3,(H,20,21)(H,22,23). The summed E-state index contributed by atoms with van der Waals surface area (Å²) >= 11 is 0. The van der Waals surface area contributed by atoms with E-state index in [4.69, 9.17) is 14.9 Å². The first-order valence-electron chi connectivity index (χ1n) is 8.03. The molecular weight excluding hydrogens is 374 g/mol. The lowest BCUT2D eigenvalue weighted by molar-refractivity contribution is -0.137. The Labute approximate surface area is 156 Å². The Morgan fingerprint density at radius 3 is 2.11 bits per heavy atom. The molecular formula is C18H19NO7S. The van der Waals surface area contributed by atoms with Gasteiger partial charge in [-0.05, 0) is 48.9 Å². The highest BCUT2D eigenvalue weighted by Gasteiger charge is 2.24. The minimum atomic E-state index is -4.05. The van der Waals surface area contributed by atoms with E-state index in [1.165, 1.54) is 12.1 Å². The zero-order chi connectivity index (χ0) is 20.0. The summed E-state index contributed by atoms with van der Waals surface area (Å²) in [5.41, 5.74) is 0.411. The van der Waals surface area contributed by atoms with Crippen LogP contribution in [0.3, 0.4) is 0 Å². The van der Waals surface area contributed by atoms with Gasteiger partial charge in [-0.15, -0.1) is 0 Å². The molecule has 2 aromatic carbocycles. The molecule has 0 spiro atoms. The number of ether oxygens (including phenoxy) is 1. The highest BCUT2D eigenvalue weighted by Crippen LogP contribution is 2.23. The van der Waals surface area contributed by atoms with E-state index in [1.807, 2.05) is 6.92 Å². The van der Waals surface area contributed by atoms with Crippen molar-refractivity contribution < 1.29 is 33.0 Å². The molecule has 0 radical (unpaired) electrons. The zero-order valence-corrected chi connectivity index (χ0v) is 15.3. The average Bonchev–Trinajstić information content (AvgIpc) is 2.61. The number of carboxylic acids is 2. The fraction of sp³-hybridized carbons (Fsp3) is 0.222. The SMILES string of the molecule is CCOc1ccc(C(CC(=O)O)NS(=O)(=O)c2ccc(C(=O)O)cc2)cc1. The summed E-state index contributed by atoms with van der Waals surface area (Å²) < 4.78 is 32.8. The number of aliphatic carboxylic acids is 1. The highest BCUT2D eigenvalue weighted by molar-refractivity contribution is 7.89. The van der Waals surface area contributed by atoms with Crippen molar-refractivity contribution in [2.24, 2.45) is 0 Å². The van der Waals surface area contributed by atoms with Crippen LogP contribution in [-0.4, -0.2) is 37.2 Å². The van der Waals surface area contributed by atoms with Gasteiger partial charge in [0.15, 0.2) is 0 Å². The molecule has 144 valence electrons. The van der Waals surface area contributed by atoms with E-state index in [0.29, 0.717) is 17.9 Å². The molecule has 2 rings (SSSR count). The summed E-state index contributed by atoms with van der Waals surface area (Å²) in [6.07, 6.45) is -0.458. The Morgan fingerprint density at radius 2 is 1.63 bits per heavy atom. The van der Waals surface area contributed by atoms with E-state index in [-0.39, 0.29) is 10.5 Å². The smallest absolute Gasteiger partial charge is 0.335 e. The van der Waals surface area contributed by atoms with Crippen molar-refractivity contribution in [2.75, 3.05) is 6.61 Å². The van der Waals surface area contributed by atoms with Crippen LogP contribution in [0.15, 0.2) is 53.4 Å². The summed E-state index contributed by atoms with van der Waals surface area (Å²) in [6, 6.07) is 10.1. The van der Waals surface area contributed by atoms with Crippen molar-refractivity contribution in [1.29, 1.82) is 0 Å². The quantitative estimate of drug-likeness (QED) is 0.596. The Morgan fingerprint density at radius 1 is 1.04 bits per heavy atom. The van der Waals surface area contributed by atoms with E-state index in [9.17, 15) is 18.0 Å². The highest BCUT2D eigenvalue weighted by atomic mass is 32.2. The van der Waals surface area contributed by atoms with Crippen LogP contribution >= 0.6 is 0 Å². The molecule has 3 N–H and O–H groups in total. The molecule has 2 aromatic rings. The summed E-state index contributed by atoms with van der Waals surface area (Å²) in [7, 11) is -4.05. The van der Waals surface area contributed by atoms with Gasteiger partial charge in [-0.1, -0.05) is 12.1 Å². The third-order valence-corrected chi connectivity index (χ3v) is 5.17. The second-order valence-corrected chi connectivity index (χ2v) is 7.32. The summed E-state index contributed by atoms with van der Waals surface area (Å²) in [5, 5.41) is 18.0. The predicted octanol–water partition coefficient (Wildman–Crippen LogP) is 2.28. The van der Waals surface area contributed by atoms with E-state index in [2.05, 4.69) is 4.72 Å². The largest absolute Gasteiger partial charge is 0.494 e. The van der Waals surface area contributed by atoms with E-state index < -0.39 is 34.4 Å². The van der Waals surface area contributed by atoms with Gasteiger partial charge in [0.1, 0.15) is 5.75 Å². The van der Waals surface area contributed by atoms with Crippen LogP contribution in [0.5, 0.6) is 5.75 Å². The maximum atomic E-state index is 12.6.